The van der Waals surface area contributed by atoms with E-state index in [4.69, 9.17) is 9.97 Å². The lowest BCUT2D eigenvalue weighted by Gasteiger charge is -2.42. The number of piperidine rings is 1. The zero-order valence-corrected chi connectivity index (χ0v) is 14.6. The van der Waals surface area contributed by atoms with Gasteiger partial charge in [0.1, 0.15) is 5.82 Å². The highest BCUT2D eigenvalue weighted by atomic mass is 15.2. The summed E-state index contributed by atoms with van der Waals surface area (Å²) in [6.07, 6.45) is 10.6. The molecule has 1 saturated heterocycles. The lowest BCUT2D eigenvalue weighted by atomic mass is 9.75. The fourth-order valence-electron chi connectivity index (χ4n) is 4.84. The van der Waals surface area contributed by atoms with Crippen LogP contribution in [0, 0.1) is 11.8 Å². The summed E-state index contributed by atoms with van der Waals surface area (Å²) in [5.41, 5.74) is 3.54. The van der Waals surface area contributed by atoms with Gasteiger partial charge in [-0.1, -0.05) is 19.3 Å². The second-order valence-corrected chi connectivity index (χ2v) is 7.67. The van der Waals surface area contributed by atoms with Crippen LogP contribution in [-0.4, -0.2) is 28.0 Å². The Hall–Kier alpha value is -2.01. The fraction of sp³-hybridized carbons (Fsp3) is 0.550. The number of anilines is 1. The van der Waals surface area contributed by atoms with Crippen molar-refractivity contribution in [2.75, 3.05) is 18.0 Å². The average Bonchev–Trinajstić information content (AvgIpc) is 3.16. The van der Waals surface area contributed by atoms with Gasteiger partial charge in [0.15, 0.2) is 5.82 Å². The van der Waals surface area contributed by atoms with Crippen molar-refractivity contribution >= 4 is 5.82 Å². The smallest absolute Gasteiger partial charge is 0.161 e. The van der Waals surface area contributed by atoms with Crippen LogP contribution >= 0.6 is 0 Å². The largest absolute Gasteiger partial charge is 0.356 e. The number of rotatable bonds is 2. The predicted molar refractivity (Wildman–Crippen MR) is 98.1 cm³/mol. The maximum Gasteiger partial charge on any atom is 0.161 e. The molecule has 25 heavy (non-hydrogen) atoms. The average molecular weight is 335 g/mol. The van der Waals surface area contributed by atoms with Crippen LogP contribution in [0.1, 0.15) is 43.4 Å². The van der Waals surface area contributed by atoms with Crippen LogP contribution in [0.3, 0.4) is 0 Å². The normalized spacial score (nSPS) is 25.5. The van der Waals surface area contributed by atoms with E-state index in [1.54, 1.807) is 0 Å². The molecule has 4 heterocycles. The Labute approximate surface area is 148 Å². The fourth-order valence-corrected chi connectivity index (χ4v) is 4.84. The molecule has 2 aromatic rings. The summed E-state index contributed by atoms with van der Waals surface area (Å²) in [5, 5.41) is 3.46. The highest BCUT2D eigenvalue weighted by Gasteiger charge is 2.33. The van der Waals surface area contributed by atoms with Crippen molar-refractivity contribution in [1.82, 2.24) is 20.3 Å². The second-order valence-electron chi connectivity index (χ2n) is 7.67. The number of nitrogens with one attached hydrogen (secondary N) is 1. The molecule has 1 saturated carbocycles. The Morgan fingerprint density at radius 1 is 0.960 bits per heavy atom. The summed E-state index contributed by atoms with van der Waals surface area (Å²) in [7, 11) is 0. The van der Waals surface area contributed by atoms with Crippen LogP contribution in [0.15, 0.2) is 24.5 Å². The van der Waals surface area contributed by atoms with E-state index < -0.39 is 0 Å². The van der Waals surface area contributed by atoms with Gasteiger partial charge < -0.3 is 10.2 Å². The van der Waals surface area contributed by atoms with Crippen molar-refractivity contribution in [2.45, 2.75) is 45.2 Å². The van der Waals surface area contributed by atoms with E-state index in [0.717, 1.165) is 42.9 Å². The van der Waals surface area contributed by atoms with Crippen LogP contribution < -0.4 is 10.2 Å². The van der Waals surface area contributed by atoms with Crippen molar-refractivity contribution in [2.24, 2.45) is 11.8 Å². The Kier molecular flexibility index (Phi) is 3.89. The maximum atomic E-state index is 5.02. The van der Waals surface area contributed by atoms with Crippen molar-refractivity contribution in [1.29, 1.82) is 0 Å². The third-order valence-electron chi connectivity index (χ3n) is 6.19. The Morgan fingerprint density at radius 3 is 2.68 bits per heavy atom. The molecule has 5 heteroatoms. The highest BCUT2D eigenvalue weighted by molar-refractivity contribution is 5.61. The maximum absolute atomic E-state index is 5.02. The van der Waals surface area contributed by atoms with Gasteiger partial charge in [-0.3, -0.25) is 4.98 Å². The minimum Gasteiger partial charge on any atom is -0.356 e. The molecule has 0 spiro atoms. The molecule has 5 rings (SSSR count). The van der Waals surface area contributed by atoms with Gasteiger partial charge in [-0.15, -0.1) is 0 Å². The van der Waals surface area contributed by atoms with Crippen LogP contribution in [-0.2, 0) is 13.1 Å². The van der Waals surface area contributed by atoms with Gasteiger partial charge in [0.05, 0.1) is 5.69 Å². The standard InChI is InChI=1S/C20H25N5/c1-2-4-16-13-25(10-7-14(16)3-1)20-17-11-22-12-18(17)23-19(24-20)15-5-8-21-9-6-15/h5-6,8-9,14,16,22H,1-4,7,10-13H2/t14-,16+/m0/s1. The topological polar surface area (TPSA) is 53.9 Å². The Bertz CT molecular complexity index is 760. The monoisotopic (exact) mass is 335 g/mol. The second kappa shape index (κ2) is 6.37. The van der Waals surface area contributed by atoms with Crippen molar-refractivity contribution < 1.29 is 0 Å². The molecule has 0 amide bonds. The van der Waals surface area contributed by atoms with Crippen molar-refractivity contribution in [3.05, 3.63) is 35.8 Å². The number of nitrogens with zero attached hydrogens (tertiary/aromatic N) is 4. The van der Waals surface area contributed by atoms with E-state index in [0.29, 0.717) is 0 Å². The number of fused-ring (bicyclic) bond motifs is 2. The van der Waals surface area contributed by atoms with E-state index in [-0.39, 0.29) is 0 Å². The molecule has 2 aromatic heterocycles. The van der Waals surface area contributed by atoms with Crippen LogP contribution in [0.25, 0.3) is 11.4 Å². The summed E-state index contributed by atoms with van der Waals surface area (Å²) in [6, 6.07) is 4.00. The minimum atomic E-state index is 0.839. The molecule has 0 radical (unpaired) electrons. The van der Waals surface area contributed by atoms with Gasteiger partial charge in [-0.2, -0.15) is 0 Å². The molecular weight excluding hydrogens is 310 g/mol. The molecule has 1 N–H and O–H groups in total. The first kappa shape index (κ1) is 15.3. The number of aromatic nitrogens is 3. The Balaban J connectivity index is 1.51. The molecule has 0 bridgehead atoms. The molecule has 1 aliphatic carbocycles. The van der Waals surface area contributed by atoms with Gasteiger partial charge >= 0.3 is 0 Å². The third kappa shape index (κ3) is 2.80. The van der Waals surface area contributed by atoms with Crippen molar-refractivity contribution in [3.8, 4) is 11.4 Å². The lowest BCUT2D eigenvalue weighted by molar-refractivity contribution is 0.202. The molecular formula is C20H25N5. The molecule has 3 aliphatic rings. The molecule has 5 nitrogen and oxygen atoms in total. The van der Waals surface area contributed by atoms with Crippen LogP contribution in [0.2, 0.25) is 0 Å². The predicted octanol–water partition coefficient (Wildman–Crippen LogP) is 3.16. The minimum absolute atomic E-state index is 0.839. The van der Waals surface area contributed by atoms with Gasteiger partial charge in [-0.05, 0) is 36.8 Å². The summed E-state index contributed by atoms with van der Waals surface area (Å²) < 4.78 is 0. The molecule has 2 atom stereocenters. The van der Waals surface area contributed by atoms with E-state index in [2.05, 4.69) is 15.2 Å². The van der Waals surface area contributed by atoms with Crippen LogP contribution in [0.5, 0.6) is 0 Å². The number of pyridine rings is 1. The van der Waals surface area contributed by atoms with E-state index in [1.807, 2.05) is 24.5 Å². The summed E-state index contributed by atoms with van der Waals surface area (Å²) in [6.45, 7) is 4.05. The Morgan fingerprint density at radius 2 is 1.80 bits per heavy atom. The molecule has 0 unspecified atom stereocenters. The molecule has 0 aromatic carbocycles. The summed E-state index contributed by atoms with van der Waals surface area (Å²) >= 11 is 0. The summed E-state index contributed by atoms with van der Waals surface area (Å²) in [4.78, 5) is 16.5. The third-order valence-corrected chi connectivity index (χ3v) is 6.19. The van der Waals surface area contributed by atoms with Crippen LogP contribution in [0.4, 0.5) is 5.82 Å². The zero-order chi connectivity index (χ0) is 16.6. The van der Waals surface area contributed by atoms with Gasteiger partial charge in [0.2, 0.25) is 0 Å². The number of hydrogen-bond acceptors (Lipinski definition) is 5. The lowest BCUT2D eigenvalue weighted by Crippen LogP contribution is -2.42. The van der Waals surface area contributed by atoms with Gasteiger partial charge in [-0.25, -0.2) is 9.97 Å². The molecule has 2 fully saturated rings. The summed E-state index contributed by atoms with van der Waals surface area (Å²) in [5.74, 6) is 3.81. The van der Waals surface area contributed by atoms with Gasteiger partial charge in [0.25, 0.3) is 0 Å². The first-order chi connectivity index (χ1) is 12.4. The molecule has 130 valence electrons. The van der Waals surface area contributed by atoms with E-state index in [1.165, 1.54) is 55.7 Å². The van der Waals surface area contributed by atoms with E-state index in [9.17, 15) is 0 Å². The quantitative estimate of drug-likeness (QED) is 0.914. The van der Waals surface area contributed by atoms with Gasteiger partial charge in [0, 0.05) is 49.7 Å². The van der Waals surface area contributed by atoms with Crippen molar-refractivity contribution in [3.63, 3.8) is 0 Å². The highest BCUT2D eigenvalue weighted by Crippen LogP contribution is 2.38. The zero-order valence-electron chi connectivity index (χ0n) is 14.6. The van der Waals surface area contributed by atoms with E-state index >= 15 is 0 Å². The SMILES string of the molecule is c1cc(-c2nc3c(c(N4CC[C@@H]5CCCC[C@@H]5C4)n2)CNC3)ccn1. The first-order valence-corrected chi connectivity index (χ1v) is 9.64. The number of hydrogen-bond donors (Lipinski definition) is 1. The molecule has 2 aliphatic heterocycles. The first-order valence-electron chi connectivity index (χ1n) is 9.64.